The average molecular weight is 239 g/mol. The summed E-state index contributed by atoms with van der Waals surface area (Å²) < 4.78 is 14.0. The number of aromatic nitrogens is 1. The number of carbonyl (C=O) groups is 1. The summed E-state index contributed by atoms with van der Waals surface area (Å²) in [5.41, 5.74) is 3.45. The van der Waals surface area contributed by atoms with Crippen LogP contribution in [0.2, 0.25) is 0 Å². The number of hydrogen-bond donors (Lipinski definition) is 1. The minimum Gasteiger partial charge on any atom is -0.354 e. The SMILES string of the molecule is O=C1CCc2c1ccc1[nH]c3cccc(F)c3c21. The first-order chi connectivity index (χ1) is 8.75. The van der Waals surface area contributed by atoms with Gasteiger partial charge in [-0.2, -0.15) is 0 Å². The van der Waals surface area contributed by atoms with E-state index in [-0.39, 0.29) is 11.6 Å². The summed E-state index contributed by atoms with van der Waals surface area (Å²) in [5, 5.41) is 1.49. The van der Waals surface area contributed by atoms with E-state index in [1.807, 2.05) is 18.2 Å². The number of Topliss-reactive ketones (excluding diaryl/α,β-unsaturated/α-hetero) is 1. The fourth-order valence-corrected chi connectivity index (χ4v) is 2.96. The summed E-state index contributed by atoms with van der Waals surface area (Å²) in [4.78, 5) is 15.0. The molecule has 1 N–H and O–H groups in total. The highest BCUT2D eigenvalue weighted by atomic mass is 19.1. The average Bonchev–Trinajstić information content (AvgIpc) is 2.90. The van der Waals surface area contributed by atoms with Gasteiger partial charge in [-0.15, -0.1) is 0 Å². The van der Waals surface area contributed by atoms with E-state index < -0.39 is 0 Å². The molecule has 3 heteroatoms. The Labute approximate surface area is 102 Å². The van der Waals surface area contributed by atoms with E-state index in [0.29, 0.717) is 18.2 Å². The molecule has 88 valence electrons. The summed E-state index contributed by atoms with van der Waals surface area (Å²) in [6, 6.07) is 8.74. The number of aromatic amines is 1. The molecular weight excluding hydrogens is 229 g/mol. The van der Waals surface area contributed by atoms with Crippen molar-refractivity contribution in [3.63, 3.8) is 0 Å². The first kappa shape index (κ1) is 9.83. The van der Waals surface area contributed by atoms with E-state index in [2.05, 4.69) is 4.98 Å². The van der Waals surface area contributed by atoms with Crippen molar-refractivity contribution >= 4 is 27.6 Å². The zero-order valence-electron chi connectivity index (χ0n) is 9.59. The third-order valence-electron chi connectivity index (χ3n) is 3.75. The van der Waals surface area contributed by atoms with E-state index in [0.717, 1.165) is 27.5 Å². The van der Waals surface area contributed by atoms with Crippen molar-refractivity contribution in [1.82, 2.24) is 4.98 Å². The highest BCUT2D eigenvalue weighted by molar-refractivity contribution is 6.14. The Morgan fingerprint density at radius 1 is 1.00 bits per heavy atom. The van der Waals surface area contributed by atoms with Crippen LogP contribution in [0.1, 0.15) is 22.3 Å². The molecule has 0 radical (unpaired) electrons. The fourth-order valence-electron chi connectivity index (χ4n) is 2.96. The van der Waals surface area contributed by atoms with E-state index in [9.17, 15) is 9.18 Å². The maximum absolute atomic E-state index is 14.0. The second-order valence-electron chi connectivity index (χ2n) is 4.72. The highest BCUT2D eigenvalue weighted by Crippen LogP contribution is 2.35. The maximum Gasteiger partial charge on any atom is 0.163 e. The summed E-state index contributed by atoms with van der Waals surface area (Å²) in [5.74, 6) is -0.0657. The third-order valence-corrected chi connectivity index (χ3v) is 3.75. The van der Waals surface area contributed by atoms with E-state index >= 15 is 0 Å². The fraction of sp³-hybridized carbons (Fsp3) is 0.133. The molecule has 1 aromatic heterocycles. The molecule has 4 rings (SSSR count). The number of hydrogen-bond acceptors (Lipinski definition) is 1. The zero-order valence-corrected chi connectivity index (χ0v) is 9.59. The van der Waals surface area contributed by atoms with Gasteiger partial charge in [0, 0.05) is 33.8 Å². The maximum atomic E-state index is 14.0. The molecule has 0 unspecified atom stereocenters. The van der Waals surface area contributed by atoms with Crippen molar-refractivity contribution < 1.29 is 9.18 Å². The van der Waals surface area contributed by atoms with Gasteiger partial charge in [-0.05, 0) is 36.2 Å². The summed E-state index contributed by atoms with van der Waals surface area (Å²) in [7, 11) is 0. The largest absolute Gasteiger partial charge is 0.354 e. The number of benzene rings is 2. The molecule has 2 aromatic carbocycles. The van der Waals surface area contributed by atoms with Gasteiger partial charge in [0.1, 0.15) is 5.82 Å². The van der Waals surface area contributed by atoms with Crippen LogP contribution in [0.5, 0.6) is 0 Å². The van der Waals surface area contributed by atoms with Crippen LogP contribution in [0.15, 0.2) is 30.3 Å². The second kappa shape index (κ2) is 3.19. The first-order valence-electron chi connectivity index (χ1n) is 6.00. The van der Waals surface area contributed by atoms with E-state index in [1.54, 1.807) is 6.07 Å². The van der Waals surface area contributed by atoms with Crippen LogP contribution in [-0.2, 0) is 6.42 Å². The molecule has 0 amide bonds. The van der Waals surface area contributed by atoms with E-state index in [4.69, 9.17) is 0 Å². The van der Waals surface area contributed by atoms with Crippen LogP contribution in [0.25, 0.3) is 21.8 Å². The number of ketones is 1. The minimum atomic E-state index is -0.230. The number of rotatable bonds is 0. The molecule has 0 fully saturated rings. The van der Waals surface area contributed by atoms with Crippen LogP contribution < -0.4 is 0 Å². The number of halogens is 1. The van der Waals surface area contributed by atoms with Gasteiger partial charge in [0.05, 0.1) is 0 Å². The third kappa shape index (κ3) is 1.09. The summed E-state index contributed by atoms with van der Waals surface area (Å²) in [6.07, 6.45) is 1.25. The Balaban J connectivity index is 2.28. The summed E-state index contributed by atoms with van der Waals surface area (Å²) in [6.45, 7) is 0. The van der Waals surface area contributed by atoms with Crippen molar-refractivity contribution in [3.05, 3.63) is 47.3 Å². The minimum absolute atomic E-state index is 0.164. The molecule has 2 nitrogen and oxygen atoms in total. The Hall–Kier alpha value is -2.16. The number of H-pyrrole nitrogens is 1. The van der Waals surface area contributed by atoms with Gasteiger partial charge in [-0.1, -0.05) is 6.07 Å². The van der Waals surface area contributed by atoms with Crippen molar-refractivity contribution in [2.45, 2.75) is 12.8 Å². The standard InChI is InChI=1S/C15H10FNO/c16-10-2-1-3-11-15(10)14-9-5-7-13(18)8(9)4-6-12(14)17-11/h1-4,6,17H,5,7H2. The van der Waals surface area contributed by atoms with Crippen LogP contribution in [0.3, 0.4) is 0 Å². The Kier molecular flexibility index (Phi) is 1.74. The molecule has 1 aliphatic rings. The van der Waals surface area contributed by atoms with Crippen LogP contribution in [-0.4, -0.2) is 10.8 Å². The number of carbonyl (C=O) groups excluding carboxylic acids is 1. The topological polar surface area (TPSA) is 32.9 Å². The quantitative estimate of drug-likeness (QED) is 0.639. The Morgan fingerprint density at radius 2 is 1.83 bits per heavy atom. The van der Waals surface area contributed by atoms with Crippen molar-refractivity contribution in [3.8, 4) is 0 Å². The number of nitrogens with one attached hydrogen (secondary N) is 1. The first-order valence-corrected chi connectivity index (χ1v) is 6.00. The molecule has 0 aliphatic heterocycles. The molecule has 1 heterocycles. The summed E-state index contributed by atoms with van der Waals surface area (Å²) >= 11 is 0. The van der Waals surface area contributed by atoms with Gasteiger partial charge >= 0.3 is 0 Å². The highest BCUT2D eigenvalue weighted by Gasteiger charge is 2.23. The smallest absolute Gasteiger partial charge is 0.163 e. The van der Waals surface area contributed by atoms with Crippen LogP contribution >= 0.6 is 0 Å². The molecule has 3 aromatic rings. The van der Waals surface area contributed by atoms with E-state index in [1.165, 1.54) is 6.07 Å². The molecular formula is C15H10FNO. The van der Waals surface area contributed by atoms with Crippen molar-refractivity contribution in [1.29, 1.82) is 0 Å². The molecule has 18 heavy (non-hydrogen) atoms. The zero-order chi connectivity index (χ0) is 12.3. The van der Waals surface area contributed by atoms with Gasteiger partial charge in [0.2, 0.25) is 0 Å². The Bertz CT molecular complexity index is 816. The molecule has 1 aliphatic carbocycles. The second-order valence-corrected chi connectivity index (χ2v) is 4.72. The lowest BCUT2D eigenvalue weighted by atomic mass is 10.0. The van der Waals surface area contributed by atoms with Gasteiger partial charge in [0.25, 0.3) is 0 Å². The predicted octanol–water partition coefficient (Wildman–Crippen LogP) is 3.59. The van der Waals surface area contributed by atoms with Crippen molar-refractivity contribution in [2.24, 2.45) is 0 Å². The monoisotopic (exact) mass is 239 g/mol. The predicted molar refractivity (Wildman–Crippen MR) is 68.4 cm³/mol. The van der Waals surface area contributed by atoms with Gasteiger partial charge in [-0.3, -0.25) is 4.79 Å². The van der Waals surface area contributed by atoms with Crippen LogP contribution in [0, 0.1) is 5.82 Å². The van der Waals surface area contributed by atoms with Gasteiger partial charge in [0.15, 0.2) is 5.78 Å². The molecule has 0 spiro atoms. The van der Waals surface area contributed by atoms with Gasteiger partial charge < -0.3 is 4.98 Å². The Morgan fingerprint density at radius 3 is 2.72 bits per heavy atom. The normalized spacial score (nSPS) is 14.6. The van der Waals surface area contributed by atoms with Crippen molar-refractivity contribution in [2.75, 3.05) is 0 Å². The lowest BCUT2D eigenvalue weighted by Crippen LogP contribution is -1.90. The lowest BCUT2D eigenvalue weighted by Gasteiger charge is -2.00. The molecule has 0 saturated carbocycles. The molecule has 0 saturated heterocycles. The lowest BCUT2D eigenvalue weighted by molar-refractivity contribution is 0.0994. The van der Waals surface area contributed by atoms with Crippen LogP contribution in [0.4, 0.5) is 4.39 Å². The van der Waals surface area contributed by atoms with Gasteiger partial charge in [-0.25, -0.2) is 4.39 Å². The number of aryl methyl sites for hydroxylation is 1. The molecule has 0 atom stereocenters. The molecule has 0 bridgehead atoms. The number of fused-ring (bicyclic) bond motifs is 5.